The van der Waals surface area contributed by atoms with Gasteiger partial charge in [0, 0.05) is 23.5 Å². The van der Waals surface area contributed by atoms with Crippen molar-refractivity contribution >= 4 is 105 Å². The number of carbonyl (C=O) groups is 5. The van der Waals surface area contributed by atoms with Crippen molar-refractivity contribution in [2.75, 3.05) is 6.54 Å². The highest BCUT2D eigenvalue weighted by Gasteiger charge is 2.46. The Kier molecular flexibility index (Phi) is 9.57. The molecule has 0 bridgehead atoms. The van der Waals surface area contributed by atoms with Gasteiger partial charge in [-0.2, -0.15) is 5.01 Å². The van der Waals surface area contributed by atoms with Crippen molar-refractivity contribution in [2.24, 2.45) is 0 Å². The fourth-order valence-electron chi connectivity index (χ4n) is 4.36. The number of benzene rings is 4. The van der Waals surface area contributed by atoms with E-state index in [2.05, 4.69) is 63.7 Å². The van der Waals surface area contributed by atoms with Crippen molar-refractivity contribution in [1.82, 2.24) is 10.0 Å². The molecule has 0 aromatic heterocycles. The van der Waals surface area contributed by atoms with E-state index in [1.165, 1.54) is 36.4 Å². The van der Waals surface area contributed by atoms with Gasteiger partial charge in [-0.25, -0.2) is 9.80 Å². The molecule has 0 spiro atoms. The first kappa shape index (κ1) is 32.2. The number of carbonyl (C=O) groups excluding carboxylic acids is 5. The van der Waals surface area contributed by atoms with Crippen LogP contribution in [0.5, 0.6) is 5.75 Å². The second-order valence-corrected chi connectivity index (χ2v) is 13.1. The molecule has 0 aliphatic carbocycles. The molecule has 0 fully saturated rings. The minimum Gasteiger partial charge on any atom is -0.423 e. The van der Waals surface area contributed by atoms with E-state index in [4.69, 9.17) is 16.3 Å². The predicted molar refractivity (Wildman–Crippen MR) is 177 cm³/mol. The van der Waals surface area contributed by atoms with E-state index in [9.17, 15) is 24.0 Å². The number of ketones is 1. The lowest BCUT2D eigenvalue weighted by Gasteiger charge is -2.29. The van der Waals surface area contributed by atoms with Crippen LogP contribution >= 0.6 is 75.3 Å². The summed E-state index contributed by atoms with van der Waals surface area (Å²) in [5.41, 5.74) is 1.48. The highest BCUT2D eigenvalue weighted by atomic mass is 79.9. The summed E-state index contributed by atoms with van der Waals surface area (Å²) < 4.78 is 6.92. The number of rotatable bonds is 7. The first-order chi connectivity index (χ1) is 20.9. The third-order valence-electron chi connectivity index (χ3n) is 6.63. The van der Waals surface area contributed by atoms with Crippen LogP contribution in [0, 0.1) is 6.92 Å². The van der Waals surface area contributed by atoms with Crippen LogP contribution in [0.25, 0.3) is 0 Å². The Labute approximate surface area is 289 Å². The molecule has 8 nitrogen and oxygen atoms in total. The fourth-order valence-corrected chi connectivity index (χ4v) is 7.03. The number of fused-ring (bicyclic) bond motifs is 1. The van der Waals surface area contributed by atoms with E-state index in [1.807, 2.05) is 6.92 Å². The lowest BCUT2D eigenvalue weighted by Crippen LogP contribution is -2.51. The largest absolute Gasteiger partial charge is 0.423 e. The molecule has 4 aromatic carbocycles. The second kappa shape index (κ2) is 13.1. The van der Waals surface area contributed by atoms with Crippen molar-refractivity contribution in [3.63, 3.8) is 0 Å². The minimum atomic E-state index is -0.840. The Hall–Kier alpha value is -3.16. The normalized spacial score (nSPS) is 12.3. The highest BCUT2D eigenvalue weighted by Crippen LogP contribution is 2.45. The van der Waals surface area contributed by atoms with Gasteiger partial charge in [-0.1, -0.05) is 41.4 Å². The number of amides is 3. The molecule has 0 saturated heterocycles. The van der Waals surface area contributed by atoms with Crippen LogP contribution in [0.1, 0.15) is 57.4 Å². The molecular formula is C31H17Br4ClN2O6. The zero-order chi connectivity index (χ0) is 31.9. The summed E-state index contributed by atoms with van der Waals surface area (Å²) in [4.78, 5) is 67.3. The molecule has 13 heteroatoms. The van der Waals surface area contributed by atoms with Gasteiger partial charge in [0.2, 0.25) is 0 Å². The number of imide groups is 1. The average Bonchev–Trinajstić information content (AvgIpc) is 3.27. The van der Waals surface area contributed by atoms with Crippen LogP contribution in [-0.2, 0) is 0 Å². The number of hydrogen-bond donors (Lipinski definition) is 0. The van der Waals surface area contributed by atoms with Crippen LogP contribution in [-0.4, -0.2) is 46.0 Å². The summed E-state index contributed by atoms with van der Waals surface area (Å²) in [6, 6.07) is 18.7. The molecule has 222 valence electrons. The third kappa shape index (κ3) is 6.05. The SMILES string of the molecule is Cc1ccc(C(=O)Oc2ccc(C(=O)CN(C(=O)c3ccccc3Cl)N3C(=O)c4c(Br)c(Br)c(Br)c(Br)c4C3=O)cc2)cc1. The Bertz CT molecular complexity index is 1830. The van der Waals surface area contributed by atoms with Gasteiger partial charge in [0.15, 0.2) is 5.78 Å². The summed E-state index contributed by atoms with van der Waals surface area (Å²) in [7, 11) is 0. The fraction of sp³-hybridized carbons (Fsp3) is 0.0645. The van der Waals surface area contributed by atoms with Crippen LogP contribution in [0.4, 0.5) is 0 Å². The molecule has 1 aliphatic heterocycles. The molecule has 0 saturated carbocycles. The van der Waals surface area contributed by atoms with Gasteiger partial charge in [0.25, 0.3) is 17.7 Å². The lowest BCUT2D eigenvalue weighted by atomic mass is 10.1. The molecule has 0 N–H and O–H groups in total. The zero-order valence-electron chi connectivity index (χ0n) is 22.4. The summed E-state index contributed by atoms with van der Waals surface area (Å²) in [6.07, 6.45) is 0. The minimum absolute atomic E-state index is 0.00102. The number of aryl methyl sites for hydroxylation is 1. The van der Waals surface area contributed by atoms with Crippen molar-refractivity contribution in [2.45, 2.75) is 6.92 Å². The summed E-state index contributed by atoms with van der Waals surface area (Å²) in [6.45, 7) is 1.22. The average molecular weight is 869 g/mol. The predicted octanol–water partition coefficient (Wildman–Crippen LogP) is 8.45. The smallest absolute Gasteiger partial charge is 0.343 e. The molecule has 1 heterocycles. The molecule has 0 atom stereocenters. The monoisotopic (exact) mass is 864 g/mol. The maximum atomic E-state index is 13.8. The zero-order valence-corrected chi connectivity index (χ0v) is 29.5. The van der Waals surface area contributed by atoms with Gasteiger partial charge in [0.05, 0.1) is 27.3 Å². The van der Waals surface area contributed by atoms with E-state index in [-0.39, 0.29) is 42.0 Å². The maximum Gasteiger partial charge on any atom is 0.343 e. The van der Waals surface area contributed by atoms with E-state index in [1.54, 1.807) is 36.4 Å². The summed E-state index contributed by atoms with van der Waals surface area (Å²) in [5.74, 6) is -3.45. The number of halogens is 5. The number of esters is 1. The summed E-state index contributed by atoms with van der Waals surface area (Å²) >= 11 is 19.8. The molecule has 44 heavy (non-hydrogen) atoms. The van der Waals surface area contributed by atoms with Crippen molar-refractivity contribution < 1.29 is 28.7 Å². The van der Waals surface area contributed by atoms with Gasteiger partial charge >= 0.3 is 5.97 Å². The van der Waals surface area contributed by atoms with E-state index in [0.717, 1.165) is 10.6 Å². The topological polar surface area (TPSA) is 101 Å². The van der Waals surface area contributed by atoms with Gasteiger partial charge in [-0.05, 0) is 119 Å². The van der Waals surface area contributed by atoms with Crippen LogP contribution in [0.2, 0.25) is 5.02 Å². The third-order valence-corrected chi connectivity index (χ3v) is 11.7. The molecule has 4 aromatic rings. The highest BCUT2D eigenvalue weighted by molar-refractivity contribution is 9.15. The molecular weight excluding hydrogens is 851 g/mol. The Morgan fingerprint density at radius 3 is 1.82 bits per heavy atom. The van der Waals surface area contributed by atoms with Crippen molar-refractivity contribution in [3.8, 4) is 5.75 Å². The van der Waals surface area contributed by atoms with Gasteiger partial charge in [-0.3, -0.25) is 19.2 Å². The molecule has 3 amide bonds. The molecule has 5 rings (SSSR count). The molecule has 1 aliphatic rings. The van der Waals surface area contributed by atoms with Crippen LogP contribution in [0.15, 0.2) is 90.7 Å². The standard InChI is InChI=1S/C31H17Br4ClN2O6/c1-15-6-8-17(9-7-15)31(43)44-18-12-10-16(11-13-18)21(39)14-37(28(40)19-4-2-3-5-20(19)36)38-29(41)22-23(30(38)42)25(33)27(35)26(34)24(22)32/h2-13H,14H2,1H3. The number of hydrogen-bond acceptors (Lipinski definition) is 6. The second-order valence-electron chi connectivity index (χ2n) is 9.47. The number of Topliss-reactive ketones (excluding diaryl/α,β-unsaturated/α-hetero) is 1. The van der Waals surface area contributed by atoms with Crippen LogP contribution < -0.4 is 4.74 Å². The van der Waals surface area contributed by atoms with E-state index < -0.39 is 36.0 Å². The maximum absolute atomic E-state index is 13.8. The summed E-state index contributed by atoms with van der Waals surface area (Å²) in [5, 5.41) is 1.49. The Balaban J connectivity index is 1.46. The van der Waals surface area contributed by atoms with Crippen molar-refractivity contribution in [1.29, 1.82) is 0 Å². The van der Waals surface area contributed by atoms with Crippen LogP contribution in [0.3, 0.4) is 0 Å². The van der Waals surface area contributed by atoms with E-state index in [0.29, 0.717) is 19.5 Å². The Morgan fingerprint density at radius 2 is 1.27 bits per heavy atom. The molecule has 0 unspecified atom stereocenters. The van der Waals surface area contributed by atoms with Gasteiger partial charge in [0.1, 0.15) is 12.3 Å². The van der Waals surface area contributed by atoms with Crippen molar-refractivity contribution in [3.05, 3.63) is 129 Å². The Morgan fingerprint density at radius 1 is 0.750 bits per heavy atom. The number of hydrazine groups is 1. The first-order valence-electron chi connectivity index (χ1n) is 12.6. The van der Waals surface area contributed by atoms with Gasteiger partial charge < -0.3 is 4.74 Å². The van der Waals surface area contributed by atoms with E-state index >= 15 is 0 Å². The number of ether oxygens (including phenoxy) is 1. The lowest BCUT2D eigenvalue weighted by molar-refractivity contribution is 0.00527. The molecule has 0 radical (unpaired) electrons. The van der Waals surface area contributed by atoms with Gasteiger partial charge in [-0.15, -0.1) is 0 Å². The number of nitrogens with zero attached hydrogens (tertiary/aromatic N) is 2. The first-order valence-corrected chi connectivity index (χ1v) is 16.2. The quantitative estimate of drug-likeness (QED) is 0.0462.